The Morgan fingerprint density at radius 1 is 1.19 bits per heavy atom. The summed E-state index contributed by atoms with van der Waals surface area (Å²) < 4.78 is 32.7. The Hall–Kier alpha value is -2.17. The number of rotatable bonds is 5. The summed E-state index contributed by atoms with van der Waals surface area (Å²) in [5.74, 6) is 0.00237. The highest BCUT2D eigenvalue weighted by Gasteiger charge is 2.38. The number of oxazole rings is 1. The molecule has 1 aromatic heterocycles. The number of amides is 1. The van der Waals surface area contributed by atoms with E-state index in [0.29, 0.717) is 9.23 Å². The molecule has 0 unspecified atom stereocenters. The van der Waals surface area contributed by atoms with E-state index in [-0.39, 0.29) is 33.6 Å². The van der Waals surface area contributed by atoms with E-state index in [4.69, 9.17) is 16.6 Å². The lowest BCUT2D eigenvalue weighted by molar-refractivity contribution is -0.124. The summed E-state index contributed by atoms with van der Waals surface area (Å²) in [7, 11) is -0.537. The van der Waals surface area contributed by atoms with E-state index in [0.717, 1.165) is 31.2 Å². The summed E-state index contributed by atoms with van der Waals surface area (Å²) in [6.07, 6.45) is 6.75. The molecule has 32 heavy (non-hydrogen) atoms. The molecule has 1 amide bonds. The maximum absolute atomic E-state index is 13.2. The van der Waals surface area contributed by atoms with Crippen LogP contribution in [0, 0.1) is 6.92 Å². The van der Waals surface area contributed by atoms with Crippen molar-refractivity contribution in [3.8, 4) is 0 Å². The molecule has 170 valence electrons. The molecule has 1 aliphatic carbocycles. The van der Waals surface area contributed by atoms with Gasteiger partial charge in [-0.2, -0.15) is 4.98 Å². The Labute approximate surface area is 197 Å². The minimum absolute atomic E-state index is 0.0588. The van der Waals surface area contributed by atoms with E-state index >= 15 is 0 Å². The van der Waals surface area contributed by atoms with Crippen molar-refractivity contribution in [2.75, 3.05) is 19.0 Å². The molecule has 4 rings (SSSR count). The molecule has 2 fully saturated rings. The van der Waals surface area contributed by atoms with Crippen LogP contribution in [0.5, 0.6) is 0 Å². The van der Waals surface area contributed by atoms with Crippen molar-refractivity contribution < 1.29 is 17.6 Å². The smallest absolute Gasteiger partial charge is 0.266 e. The fraction of sp³-hybridized carbons (Fsp3) is 0.409. The molecular formula is C22H25N3O4S3. The number of benzene rings is 1. The van der Waals surface area contributed by atoms with Crippen molar-refractivity contribution in [1.29, 1.82) is 0 Å². The molecule has 0 spiro atoms. The molecule has 0 N–H and O–H groups in total. The lowest BCUT2D eigenvalue weighted by atomic mass is 9.94. The molecule has 0 atom stereocenters. The number of thiocarbonyl (C=S) groups is 1. The Balaban J connectivity index is 1.68. The van der Waals surface area contributed by atoms with Gasteiger partial charge in [-0.3, -0.25) is 9.69 Å². The number of carbonyl (C=O) groups excluding carboxylic acids is 1. The van der Waals surface area contributed by atoms with Crippen molar-refractivity contribution in [1.82, 2.24) is 9.88 Å². The van der Waals surface area contributed by atoms with Gasteiger partial charge in [-0.05, 0) is 31.9 Å². The first kappa shape index (κ1) is 23.0. The molecule has 10 heteroatoms. The third-order valence-electron chi connectivity index (χ3n) is 5.61. The minimum atomic E-state index is -3.90. The summed E-state index contributed by atoms with van der Waals surface area (Å²) in [5, 5.41) is -0.180. The maximum Gasteiger partial charge on any atom is 0.266 e. The highest BCUT2D eigenvalue weighted by Crippen LogP contribution is 2.38. The maximum atomic E-state index is 13.2. The number of aryl methyl sites for hydroxylation is 1. The molecule has 1 aliphatic heterocycles. The number of carbonyl (C=O) groups is 1. The second-order valence-corrected chi connectivity index (χ2v) is 11.8. The number of thioether (sulfide) groups is 1. The van der Waals surface area contributed by atoms with Gasteiger partial charge in [0.05, 0.1) is 9.80 Å². The molecular weight excluding hydrogens is 466 g/mol. The first-order chi connectivity index (χ1) is 15.2. The lowest BCUT2D eigenvalue weighted by Gasteiger charge is -2.29. The monoisotopic (exact) mass is 491 g/mol. The third kappa shape index (κ3) is 4.35. The van der Waals surface area contributed by atoms with E-state index in [1.165, 1.54) is 24.3 Å². The summed E-state index contributed by atoms with van der Waals surface area (Å²) in [6, 6.07) is 6.70. The predicted molar refractivity (Wildman–Crippen MR) is 129 cm³/mol. The van der Waals surface area contributed by atoms with Gasteiger partial charge in [0.25, 0.3) is 5.91 Å². The second-order valence-electron chi connectivity index (χ2n) is 8.22. The number of hydrogen-bond donors (Lipinski definition) is 0. The highest BCUT2D eigenvalue weighted by molar-refractivity contribution is 8.26. The van der Waals surface area contributed by atoms with Gasteiger partial charge in [0.1, 0.15) is 4.32 Å². The molecule has 0 bridgehead atoms. The Kier molecular flexibility index (Phi) is 6.46. The van der Waals surface area contributed by atoms with Crippen LogP contribution >= 0.6 is 24.0 Å². The number of sulfone groups is 1. The van der Waals surface area contributed by atoms with E-state index in [1.54, 1.807) is 48.2 Å². The first-order valence-corrected chi connectivity index (χ1v) is 13.2. The zero-order valence-electron chi connectivity index (χ0n) is 18.2. The average Bonchev–Trinajstić information content (AvgIpc) is 3.31. The zero-order chi connectivity index (χ0) is 23.0. The molecule has 1 saturated carbocycles. The van der Waals surface area contributed by atoms with Crippen LogP contribution in [-0.2, 0) is 14.6 Å². The van der Waals surface area contributed by atoms with Crippen LogP contribution in [0.3, 0.4) is 0 Å². The summed E-state index contributed by atoms with van der Waals surface area (Å²) in [5.41, 5.74) is 0.956. The first-order valence-electron chi connectivity index (χ1n) is 10.5. The van der Waals surface area contributed by atoms with Gasteiger partial charge in [-0.1, -0.05) is 60.9 Å². The van der Waals surface area contributed by atoms with Crippen LogP contribution in [0.15, 0.2) is 43.5 Å². The number of nitrogens with zero attached hydrogens (tertiary/aromatic N) is 3. The summed E-state index contributed by atoms with van der Waals surface area (Å²) >= 11 is 6.68. The molecule has 2 heterocycles. The lowest BCUT2D eigenvalue weighted by Crippen LogP contribution is -2.39. The predicted octanol–water partition coefficient (Wildman–Crippen LogP) is 4.42. The second kappa shape index (κ2) is 8.99. The topological polar surface area (TPSA) is 83.7 Å². The molecule has 0 radical (unpaired) electrons. The third-order valence-corrected chi connectivity index (χ3v) is 8.60. The fourth-order valence-electron chi connectivity index (χ4n) is 3.91. The van der Waals surface area contributed by atoms with Crippen molar-refractivity contribution in [3.63, 3.8) is 0 Å². The molecule has 1 aromatic carbocycles. The average molecular weight is 492 g/mol. The summed E-state index contributed by atoms with van der Waals surface area (Å²) in [4.78, 5) is 21.1. The van der Waals surface area contributed by atoms with E-state index in [1.807, 2.05) is 6.92 Å². The van der Waals surface area contributed by atoms with Gasteiger partial charge in [0, 0.05) is 26.2 Å². The SMILES string of the molecule is Cc1ccc(S(=O)(=O)c2nc(C=C3SC(=S)N(C4CCCCC4)C3=O)oc2N(C)C)cc1. The summed E-state index contributed by atoms with van der Waals surface area (Å²) in [6.45, 7) is 1.89. The zero-order valence-corrected chi connectivity index (χ0v) is 20.6. The van der Waals surface area contributed by atoms with Crippen molar-refractivity contribution in [2.45, 2.75) is 55.0 Å². The number of anilines is 1. The van der Waals surface area contributed by atoms with E-state index in [9.17, 15) is 13.2 Å². The van der Waals surface area contributed by atoms with E-state index < -0.39 is 9.84 Å². The normalized spacial score (nSPS) is 19.2. The van der Waals surface area contributed by atoms with Gasteiger partial charge in [0.15, 0.2) is 0 Å². The van der Waals surface area contributed by atoms with Crippen LogP contribution in [0.25, 0.3) is 6.08 Å². The van der Waals surface area contributed by atoms with E-state index in [2.05, 4.69) is 4.98 Å². The Morgan fingerprint density at radius 3 is 2.47 bits per heavy atom. The number of aromatic nitrogens is 1. The molecule has 2 aromatic rings. The van der Waals surface area contributed by atoms with Gasteiger partial charge in [-0.25, -0.2) is 8.42 Å². The molecule has 2 aliphatic rings. The van der Waals surface area contributed by atoms with Crippen molar-refractivity contribution in [2.24, 2.45) is 0 Å². The molecule has 7 nitrogen and oxygen atoms in total. The van der Waals surface area contributed by atoms with Crippen LogP contribution < -0.4 is 4.90 Å². The van der Waals surface area contributed by atoms with Gasteiger partial charge in [0.2, 0.25) is 26.6 Å². The van der Waals surface area contributed by atoms with Gasteiger partial charge >= 0.3 is 0 Å². The molecule has 1 saturated heterocycles. The number of hydrogen-bond acceptors (Lipinski definition) is 8. The quantitative estimate of drug-likeness (QED) is 0.449. The Morgan fingerprint density at radius 2 is 1.84 bits per heavy atom. The van der Waals surface area contributed by atoms with Crippen molar-refractivity contribution in [3.05, 3.63) is 40.6 Å². The van der Waals surface area contributed by atoms with Crippen LogP contribution in [0.2, 0.25) is 0 Å². The highest BCUT2D eigenvalue weighted by atomic mass is 32.2. The van der Waals surface area contributed by atoms with Crippen LogP contribution in [0.4, 0.5) is 5.88 Å². The van der Waals surface area contributed by atoms with Crippen molar-refractivity contribution >= 4 is 56.0 Å². The van der Waals surface area contributed by atoms with Gasteiger partial charge in [-0.15, -0.1) is 0 Å². The largest absolute Gasteiger partial charge is 0.420 e. The standard InChI is InChI=1S/C22H25N3O4S3/c1-14-9-11-16(12-10-14)32(27,28)19-21(24(2)3)29-18(23-19)13-17-20(26)25(22(30)31-17)15-7-5-4-6-8-15/h9-13,15H,4-8H2,1-3H3. The van der Waals surface area contributed by atoms with Crippen LogP contribution in [-0.4, -0.2) is 48.7 Å². The van der Waals surface area contributed by atoms with Crippen LogP contribution in [0.1, 0.15) is 43.6 Å². The van der Waals surface area contributed by atoms with Gasteiger partial charge < -0.3 is 9.32 Å². The fourth-order valence-corrected chi connectivity index (χ4v) is 6.65. The minimum Gasteiger partial charge on any atom is -0.420 e. The Bertz CT molecular complexity index is 1180.